The van der Waals surface area contributed by atoms with Gasteiger partial charge in [-0.05, 0) is 19.1 Å². The molecular formula is C16H17NO5. The molecule has 0 unspecified atom stereocenters. The number of aryl methyl sites for hydroxylation is 1. The second-order valence-electron chi connectivity index (χ2n) is 4.75. The lowest BCUT2D eigenvalue weighted by atomic mass is 10.1. The van der Waals surface area contributed by atoms with E-state index < -0.39 is 24.1 Å². The average Bonchev–Trinajstić information content (AvgIpc) is 2.72. The number of rotatable bonds is 5. The number of hydrogen-bond donors (Lipinski definition) is 0. The highest BCUT2D eigenvalue weighted by atomic mass is 16.5. The topological polar surface area (TPSA) is 74.6 Å². The van der Waals surface area contributed by atoms with Crippen molar-refractivity contribution in [3.8, 4) is 5.75 Å². The van der Waals surface area contributed by atoms with Crippen LogP contribution in [-0.4, -0.2) is 28.9 Å². The first-order chi connectivity index (χ1) is 10.5. The maximum Gasteiger partial charge on any atom is 0.313 e. The van der Waals surface area contributed by atoms with Gasteiger partial charge in [0.2, 0.25) is 0 Å². The monoisotopic (exact) mass is 303 g/mol. The first-order valence-corrected chi connectivity index (χ1v) is 6.90. The molecule has 0 spiro atoms. The van der Waals surface area contributed by atoms with Crippen LogP contribution in [0, 0.1) is 0 Å². The number of hydrogen-bond acceptors (Lipinski definition) is 5. The Morgan fingerprint density at radius 3 is 2.50 bits per heavy atom. The second kappa shape index (κ2) is 6.43. The third kappa shape index (κ3) is 3.00. The predicted molar refractivity (Wildman–Crippen MR) is 79.8 cm³/mol. The van der Waals surface area contributed by atoms with Crippen molar-refractivity contribution in [2.24, 2.45) is 7.05 Å². The molecule has 0 bridgehead atoms. The van der Waals surface area contributed by atoms with Gasteiger partial charge < -0.3 is 14.0 Å². The van der Waals surface area contributed by atoms with E-state index in [1.54, 1.807) is 30.7 Å². The molecule has 1 aromatic carbocycles. The Bertz CT molecular complexity index is 744. The summed E-state index contributed by atoms with van der Waals surface area (Å²) < 4.78 is 11.6. The molecule has 6 nitrogen and oxygen atoms in total. The molecule has 0 radical (unpaired) electrons. The SMILES string of the molecule is CCOC(=O)CC(=O)c1c(OC(C)=O)c2ccccc2n1C. The van der Waals surface area contributed by atoms with E-state index >= 15 is 0 Å². The van der Waals surface area contributed by atoms with E-state index in [2.05, 4.69) is 0 Å². The Kier molecular flexibility index (Phi) is 4.60. The Hall–Kier alpha value is -2.63. The smallest absolute Gasteiger partial charge is 0.313 e. The predicted octanol–water partition coefficient (Wildman–Crippen LogP) is 2.24. The molecule has 6 heteroatoms. The van der Waals surface area contributed by atoms with E-state index in [-0.39, 0.29) is 18.1 Å². The fourth-order valence-electron chi connectivity index (χ4n) is 2.35. The Morgan fingerprint density at radius 2 is 1.86 bits per heavy atom. The molecular weight excluding hydrogens is 286 g/mol. The van der Waals surface area contributed by atoms with E-state index in [9.17, 15) is 14.4 Å². The molecule has 2 rings (SSSR count). The van der Waals surface area contributed by atoms with Gasteiger partial charge in [-0.25, -0.2) is 0 Å². The third-order valence-electron chi connectivity index (χ3n) is 3.18. The number of ether oxygens (including phenoxy) is 2. The van der Waals surface area contributed by atoms with Crippen molar-refractivity contribution in [2.45, 2.75) is 20.3 Å². The number of aromatic nitrogens is 1. The average molecular weight is 303 g/mol. The Morgan fingerprint density at radius 1 is 1.18 bits per heavy atom. The van der Waals surface area contributed by atoms with Gasteiger partial charge >= 0.3 is 11.9 Å². The summed E-state index contributed by atoms with van der Waals surface area (Å²) in [5, 5.41) is 0.646. The van der Waals surface area contributed by atoms with E-state index in [0.717, 1.165) is 5.52 Å². The van der Waals surface area contributed by atoms with Crippen molar-refractivity contribution in [1.82, 2.24) is 4.57 Å². The number of carbonyl (C=O) groups is 3. The zero-order valence-electron chi connectivity index (χ0n) is 12.7. The van der Waals surface area contributed by atoms with Gasteiger partial charge in [0, 0.05) is 19.4 Å². The lowest BCUT2D eigenvalue weighted by molar-refractivity contribution is -0.142. The van der Waals surface area contributed by atoms with Crippen LogP contribution in [0.3, 0.4) is 0 Å². The standard InChI is InChI=1S/C16H17NO5/c1-4-21-14(20)9-13(19)15-16(22-10(2)18)11-7-5-6-8-12(11)17(15)3/h5-8H,4,9H2,1-3H3. The number of nitrogens with zero attached hydrogens (tertiary/aromatic N) is 1. The van der Waals surface area contributed by atoms with Crippen molar-refractivity contribution >= 4 is 28.6 Å². The molecule has 116 valence electrons. The molecule has 0 N–H and O–H groups in total. The van der Waals surface area contributed by atoms with Gasteiger partial charge in [-0.3, -0.25) is 14.4 Å². The Balaban J connectivity index is 2.51. The summed E-state index contributed by atoms with van der Waals surface area (Å²) in [5.41, 5.74) is 0.926. The summed E-state index contributed by atoms with van der Waals surface area (Å²) >= 11 is 0. The van der Waals surface area contributed by atoms with Crippen LogP contribution in [0.15, 0.2) is 24.3 Å². The van der Waals surface area contributed by atoms with Crippen LogP contribution in [-0.2, 0) is 21.4 Å². The number of Topliss-reactive ketones (excluding diaryl/α,β-unsaturated/α-hetero) is 1. The van der Waals surface area contributed by atoms with Crippen LogP contribution in [0.25, 0.3) is 10.9 Å². The number of para-hydroxylation sites is 1. The molecule has 1 aromatic heterocycles. The molecule has 2 aromatic rings. The van der Waals surface area contributed by atoms with Gasteiger partial charge in [-0.1, -0.05) is 12.1 Å². The lowest BCUT2D eigenvalue weighted by Crippen LogP contribution is -2.15. The van der Waals surface area contributed by atoms with Gasteiger partial charge in [0.15, 0.2) is 11.5 Å². The van der Waals surface area contributed by atoms with Crippen molar-refractivity contribution < 1.29 is 23.9 Å². The number of ketones is 1. The lowest BCUT2D eigenvalue weighted by Gasteiger charge is -2.06. The molecule has 0 aliphatic carbocycles. The van der Waals surface area contributed by atoms with Crippen LogP contribution in [0.4, 0.5) is 0 Å². The molecule has 0 amide bonds. The summed E-state index contributed by atoms with van der Waals surface area (Å²) in [6.45, 7) is 3.14. The van der Waals surface area contributed by atoms with Gasteiger partial charge in [0.1, 0.15) is 12.1 Å². The van der Waals surface area contributed by atoms with Gasteiger partial charge in [-0.2, -0.15) is 0 Å². The fraction of sp³-hybridized carbons (Fsp3) is 0.312. The highest BCUT2D eigenvalue weighted by Crippen LogP contribution is 2.33. The highest BCUT2D eigenvalue weighted by Gasteiger charge is 2.25. The summed E-state index contributed by atoms with van der Waals surface area (Å²) in [4.78, 5) is 35.3. The van der Waals surface area contributed by atoms with E-state index in [0.29, 0.717) is 5.39 Å². The van der Waals surface area contributed by atoms with Crippen molar-refractivity contribution in [3.05, 3.63) is 30.0 Å². The summed E-state index contributed by atoms with van der Waals surface area (Å²) in [6.07, 6.45) is -0.397. The molecule has 0 saturated heterocycles. The molecule has 0 atom stereocenters. The van der Waals surface area contributed by atoms with Crippen LogP contribution in [0.2, 0.25) is 0 Å². The quantitative estimate of drug-likeness (QED) is 0.481. The van der Waals surface area contributed by atoms with Crippen LogP contribution in [0.1, 0.15) is 30.8 Å². The Labute approximate surface area is 127 Å². The minimum absolute atomic E-state index is 0.180. The number of fused-ring (bicyclic) bond motifs is 1. The van der Waals surface area contributed by atoms with E-state index in [4.69, 9.17) is 9.47 Å². The first-order valence-electron chi connectivity index (χ1n) is 6.90. The van der Waals surface area contributed by atoms with Crippen molar-refractivity contribution in [2.75, 3.05) is 6.61 Å². The van der Waals surface area contributed by atoms with Crippen LogP contribution >= 0.6 is 0 Å². The maximum absolute atomic E-state index is 12.4. The minimum atomic E-state index is -0.605. The van der Waals surface area contributed by atoms with Gasteiger partial charge in [0.25, 0.3) is 0 Å². The van der Waals surface area contributed by atoms with Crippen molar-refractivity contribution in [3.63, 3.8) is 0 Å². The van der Waals surface area contributed by atoms with E-state index in [1.165, 1.54) is 6.92 Å². The number of benzene rings is 1. The highest BCUT2D eigenvalue weighted by molar-refractivity contribution is 6.11. The normalized spacial score (nSPS) is 10.5. The fourth-order valence-corrected chi connectivity index (χ4v) is 2.35. The minimum Gasteiger partial charge on any atom is -0.466 e. The summed E-state index contributed by atoms with van der Waals surface area (Å²) in [6, 6.07) is 7.17. The third-order valence-corrected chi connectivity index (χ3v) is 3.18. The molecule has 1 heterocycles. The van der Waals surface area contributed by atoms with Gasteiger partial charge in [0.05, 0.1) is 12.1 Å². The summed E-state index contributed by atoms with van der Waals surface area (Å²) in [7, 11) is 1.69. The molecule has 0 saturated carbocycles. The van der Waals surface area contributed by atoms with Crippen molar-refractivity contribution in [1.29, 1.82) is 0 Å². The molecule has 0 aliphatic heterocycles. The maximum atomic E-state index is 12.4. The summed E-state index contributed by atoms with van der Waals surface area (Å²) in [5.74, 6) is -1.40. The van der Waals surface area contributed by atoms with Crippen LogP contribution < -0.4 is 4.74 Å². The first kappa shape index (κ1) is 15.8. The van der Waals surface area contributed by atoms with Crippen LogP contribution in [0.5, 0.6) is 5.75 Å². The molecule has 0 fully saturated rings. The van der Waals surface area contributed by atoms with Gasteiger partial charge in [-0.15, -0.1) is 0 Å². The number of carbonyl (C=O) groups excluding carboxylic acids is 3. The molecule has 22 heavy (non-hydrogen) atoms. The largest absolute Gasteiger partial charge is 0.466 e. The number of esters is 2. The molecule has 0 aliphatic rings. The zero-order chi connectivity index (χ0) is 16.3. The van der Waals surface area contributed by atoms with E-state index in [1.807, 2.05) is 12.1 Å². The second-order valence-corrected chi connectivity index (χ2v) is 4.75. The zero-order valence-corrected chi connectivity index (χ0v) is 12.7.